The zero-order valence-electron chi connectivity index (χ0n) is 15.3. The van der Waals surface area contributed by atoms with E-state index in [0.717, 1.165) is 51.8 Å². The Balaban J connectivity index is 1.33. The van der Waals surface area contributed by atoms with Gasteiger partial charge in [0.25, 0.3) is 0 Å². The third kappa shape index (κ3) is 3.41. The van der Waals surface area contributed by atoms with E-state index in [2.05, 4.69) is 47.2 Å². The van der Waals surface area contributed by atoms with E-state index in [1.54, 1.807) is 0 Å². The van der Waals surface area contributed by atoms with E-state index < -0.39 is 0 Å². The molecule has 1 saturated carbocycles. The van der Waals surface area contributed by atoms with Crippen LogP contribution in [0.5, 0.6) is 0 Å². The summed E-state index contributed by atoms with van der Waals surface area (Å²) < 4.78 is 6.31. The Bertz CT molecular complexity index is 589. The third-order valence-corrected chi connectivity index (χ3v) is 6.59. The minimum atomic E-state index is -0.0137. The molecule has 0 N–H and O–H groups in total. The maximum absolute atomic E-state index is 12.6. The highest BCUT2D eigenvalue weighted by Gasteiger charge is 2.45. The number of ether oxygens (including phenoxy) is 1. The summed E-state index contributed by atoms with van der Waals surface area (Å²) in [6, 6.07) is 11.0. The summed E-state index contributed by atoms with van der Waals surface area (Å²) in [5.74, 6) is 0.707. The Morgan fingerprint density at radius 3 is 2.52 bits per heavy atom. The quantitative estimate of drug-likeness (QED) is 0.843. The van der Waals surface area contributed by atoms with Gasteiger partial charge in [-0.1, -0.05) is 31.0 Å². The molecule has 2 saturated heterocycles. The van der Waals surface area contributed by atoms with E-state index in [-0.39, 0.29) is 5.60 Å². The number of benzene rings is 1. The van der Waals surface area contributed by atoms with Crippen molar-refractivity contribution in [3.05, 3.63) is 30.3 Å². The van der Waals surface area contributed by atoms with Gasteiger partial charge in [0.1, 0.15) is 0 Å². The predicted molar refractivity (Wildman–Crippen MR) is 99.7 cm³/mol. The molecule has 4 nitrogen and oxygen atoms in total. The summed E-state index contributed by atoms with van der Waals surface area (Å²) in [4.78, 5) is 17.1. The topological polar surface area (TPSA) is 32.8 Å². The van der Waals surface area contributed by atoms with E-state index >= 15 is 0 Å². The molecule has 1 spiro atoms. The summed E-state index contributed by atoms with van der Waals surface area (Å²) >= 11 is 0. The molecule has 3 aliphatic rings. The number of likely N-dealkylation sites (tertiary alicyclic amines) is 1. The maximum atomic E-state index is 12.6. The molecule has 4 rings (SSSR count). The second kappa shape index (κ2) is 6.99. The van der Waals surface area contributed by atoms with Crippen LogP contribution in [-0.2, 0) is 9.53 Å². The number of hydrogen-bond donors (Lipinski definition) is 0. The van der Waals surface area contributed by atoms with Gasteiger partial charge in [0, 0.05) is 31.7 Å². The van der Waals surface area contributed by atoms with Gasteiger partial charge in [0.2, 0.25) is 5.91 Å². The van der Waals surface area contributed by atoms with Crippen molar-refractivity contribution < 1.29 is 9.53 Å². The molecule has 1 amide bonds. The zero-order chi connectivity index (χ0) is 17.3. The number of para-hydroxylation sites is 1. The van der Waals surface area contributed by atoms with Crippen LogP contribution in [0, 0.1) is 5.92 Å². The average Bonchev–Trinajstić information content (AvgIpc) is 3.33. The van der Waals surface area contributed by atoms with Crippen LogP contribution in [0.25, 0.3) is 0 Å². The first-order valence-electron chi connectivity index (χ1n) is 9.88. The van der Waals surface area contributed by atoms with Crippen molar-refractivity contribution in [1.82, 2.24) is 4.90 Å². The molecule has 2 heterocycles. The van der Waals surface area contributed by atoms with Gasteiger partial charge in [-0.05, 0) is 44.2 Å². The maximum Gasteiger partial charge on any atom is 0.225 e. The Labute approximate surface area is 151 Å². The van der Waals surface area contributed by atoms with Crippen LogP contribution in [0.15, 0.2) is 30.3 Å². The van der Waals surface area contributed by atoms with Crippen LogP contribution in [-0.4, -0.2) is 49.2 Å². The number of amides is 1. The summed E-state index contributed by atoms with van der Waals surface area (Å²) in [5, 5.41) is 0. The number of piperidine rings is 1. The number of likely N-dealkylation sites (N-methyl/N-ethyl adjacent to an activating group) is 1. The summed E-state index contributed by atoms with van der Waals surface area (Å²) in [5.41, 5.74) is 1.24. The highest BCUT2D eigenvalue weighted by atomic mass is 16.5. The monoisotopic (exact) mass is 342 g/mol. The van der Waals surface area contributed by atoms with Crippen molar-refractivity contribution >= 4 is 11.6 Å². The molecule has 0 radical (unpaired) electrons. The lowest BCUT2D eigenvalue weighted by Gasteiger charge is -2.39. The molecular formula is C21H30N2O2. The van der Waals surface area contributed by atoms with Crippen LogP contribution in [0.2, 0.25) is 0 Å². The molecule has 2 aliphatic heterocycles. The molecule has 4 heteroatoms. The molecule has 25 heavy (non-hydrogen) atoms. The molecule has 0 aromatic heterocycles. The van der Waals surface area contributed by atoms with Gasteiger partial charge in [0.05, 0.1) is 18.2 Å². The van der Waals surface area contributed by atoms with Gasteiger partial charge >= 0.3 is 0 Å². The average molecular weight is 342 g/mol. The second-order valence-electron chi connectivity index (χ2n) is 8.11. The summed E-state index contributed by atoms with van der Waals surface area (Å²) in [6.45, 7) is 2.54. The fourth-order valence-electron chi connectivity index (χ4n) is 4.86. The second-order valence-corrected chi connectivity index (χ2v) is 8.11. The minimum Gasteiger partial charge on any atom is -0.373 e. The highest BCUT2D eigenvalue weighted by molar-refractivity contribution is 5.79. The fraction of sp³-hybridized carbons (Fsp3) is 0.667. The Kier molecular flexibility index (Phi) is 4.72. The Morgan fingerprint density at radius 2 is 1.84 bits per heavy atom. The molecule has 1 aliphatic carbocycles. The fourth-order valence-corrected chi connectivity index (χ4v) is 4.86. The lowest BCUT2D eigenvalue weighted by Crippen LogP contribution is -2.48. The van der Waals surface area contributed by atoms with E-state index in [0.29, 0.717) is 17.9 Å². The molecule has 3 fully saturated rings. The lowest BCUT2D eigenvalue weighted by molar-refractivity contribution is -0.140. The Morgan fingerprint density at radius 1 is 1.16 bits per heavy atom. The zero-order valence-corrected chi connectivity index (χ0v) is 15.3. The molecule has 136 valence electrons. The smallest absolute Gasteiger partial charge is 0.225 e. The van der Waals surface area contributed by atoms with E-state index in [9.17, 15) is 4.79 Å². The van der Waals surface area contributed by atoms with Crippen molar-refractivity contribution in [2.75, 3.05) is 31.6 Å². The number of hydrogen-bond acceptors (Lipinski definition) is 3. The number of carbonyl (C=O) groups excluding carboxylic acids is 1. The number of carbonyl (C=O) groups is 1. The molecule has 0 bridgehead atoms. The lowest BCUT2D eigenvalue weighted by atomic mass is 9.86. The van der Waals surface area contributed by atoms with E-state index in [4.69, 9.17) is 4.74 Å². The largest absolute Gasteiger partial charge is 0.373 e. The molecule has 1 aromatic carbocycles. The van der Waals surface area contributed by atoms with Gasteiger partial charge in [-0.3, -0.25) is 4.79 Å². The summed E-state index contributed by atoms with van der Waals surface area (Å²) in [7, 11) is 2.17. The third-order valence-electron chi connectivity index (χ3n) is 6.59. The molecule has 1 aromatic rings. The van der Waals surface area contributed by atoms with E-state index in [1.807, 2.05) is 0 Å². The minimum absolute atomic E-state index is 0.0137. The first kappa shape index (κ1) is 16.9. The van der Waals surface area contributed by atoms with Crippen molar-refractivity contribution in [3.63, 3.8) is 0 Å². The van der Waals surface area contributed by atoms with Crippen molar-refractivity contribution in [3.8, 4) is 0 Å². The van der Waals surface area contributed by atoms with Crippen LogP contribution in [0.4, 0.5) is 5.69 Å². The van der Waals surface area contributed by atoms with Gasteiger partial charge < -0.3 is 14.5 Å². The van der Waals surface area contributed by atoms with Crippen molar-refractivity contribution in [1.29, 1.82) is 0 Å². The van der Waals surface area contributed by atoms with Crippen LogP contribution < -0.4 is 4.90 Å². The first-order chi connectivity index (χ1) is 12.2. The standard InChI is InChI=1S/C21H30N2O2/c1-22(18-9-3-2-4-10-18)19-15-21(25-16-19)11-13-23(14-12-21)20(24)17-7-5-6-8-17/h2-4,9-10,17,19H,5-8,11-16H2,1H3. The summed E-state index contributed by atoms with van der Waals surface area (Å²) in [6.07, 6.45) is 7.70. The SMILES string of the molecule is CN(c1ccccc1)C1COC2(CCN(C(=O)C3CCCC3)CC2)C1. The molecular weight excluding hydrogens is 312 g/mol. The van der Waals surface area contributed by atoms with Crippen molar-refractivity contribution in [2.45, 2.75) is 56.6 Å². The normalized spacial score (nSPS) is 26.3. The number of nitrogens with zero attached hydrogens (tertiary/aromatic N) is 2. The van der Waals surface area contributed by atoms with Crippen LogP contribution in [0.1, 0.15) is 44.9 Å². The van der Waals surface area contributed by atoms with Crippen LogP contribution >= 0.6 is 0 Å². The van der Waals surface area contributed by atoms with Crippen molar-refractivity contribution in [2.24, 2.45) is 5.92 Å². The van der Waals surface area contributed by atoms with Crippen LogP contribution in [0.3, 0.4) is 0 Å². The highest BCUT2D eigenvalue weighted by Crippen LogP contribution is 2.39. The number of anilines is 1. The van der Waals surface area contributed by atoms with Gasteiger partial charge in [-0.25, -0.2) is 0 Å². The number of rotatable bonds is 3. The molecule has 1 unspecified atom stereocenters. The van der Waals surface area contributed by atoms with E-state index in [1.165, 1.54) is 18.5 Å². The molecule has 1 atom stereocenters. The van der Waals surface area contributed by atoms with Gasteiger partial charge in [-0.15, -0.1) is 0 Å². The van der Waals surface area contributed by atoms with Gasteiger partial charge in [0.15, 0.2) is 0 Å². The van der Waals surface area contributed by atoms with Gasteiger partial charge in [-0.2, -0.15) is 0 Å². The predicted octanol–water partition coefficient (Wildman–Crippen LogP) is 3.46. The first-order valence-corrected chi connectivity index (χ1v) is 9.88. The Hall–Kier alpha value is -1.55.